The van der Waals surface area contributed by atoms with Gasteiger partial charge in [-0.25, -0.2) is 0 Å². The van der Waals surface area contributed by atoms with Gasteiger partial charge >= 0.3 is 0 Å². The molecule has 0 radical (unpaired) electrons. The Morgan fingerprint density at radius 2 is 1.79 bits per heavy atom. The Morgan fingerprint density at radius 1 is 1.21 bits per heavy atom. The smallest absolute Gasteiger partial charge is 0.250 e. The van der Waals surface area contributed by atoms with Gasteiger partial charge in [0.05, 0.1) is 0 Å². The minimum atomic E-state index is -1.62. The normalized spacial score (nSPS) is 17.9. The number of allylic oxidation sites excluding steroid dienone is 3. The first-order chi connectivity index (χ1) is 6.24. The van der Waals surface area contributed by atoms with E-state index in [4.69, 9.17) is 4.43 Å². The van der Waals surface area contributed by atoms with Crippen LogP contribution in [0, 0.1) is 0 Å². The monoisotopic (exact) mass is 210 g/mol. The maximum atomic E-state index is 6.21. The van der Waals surface area contributed by atoms with Crippen LogP contribution in [0.2, 0.25) is 18.1 Å². The van der Waals surface area contributed by atoms with Gasteiger partial charge in [-0.2, -0.15) is 0 Å². The molecular weight excluding hydrogens is 188 g/mol. The van der Waals surface area contributed by atoms with E-state index >= 15 is 0 Å². The molecule has 0 spiro atoms. The van der Waals surface area contributed by atoms with Crippen molar-refractivity contribution in [2.45, 2.75) is 52.2 Å². The second kappa shape index (κ2) is 3.57. The van der Waals surface area contributed by atoms with Crippen LogP contribution in [0.15, 0.2) is 23.5 Å². The van der Waals surface area contributed by atoms with Crippen molar-refractivity contribution in [2.75, 3.05) is 0 Å². The fourth-order valence-electron chi connectivity index (χ4n) is 1.15. The summed E-state index contributed by atoms with van der Waals surface area (Å²) in [5, 5.41) is 0.288. The zero-order chi connectivity index (χ0) is 11.0. The lowest BCUT2D eigenvalue weighted by molar-refractivity contribution is 0.394. The molecule has 0 aromatic heterocycles. The van der Waals surface area contributed by atoms with E-state index in [-0.39, 0.29) is 5.04 Å². The van der Waals surface area contributed by atoms with Crippen LogP contribution in [0.5, 0.6) is 0 Å². The summed E-state index contributed by atoms with van der Waals surface area (Å²) in [6.07, 6.45) is 5.45. The van der Waals surface area contributed by atoms with Gasteiger partial charge in [-0.3, -0.25) is 0 Å². The molecule has 14 heavy (non-hydrogen) atoms. The van der Waals surface area contributed by atoms with E-state index in [0.717, 1.165) is 12.2 Å². The molecule has 0 saturated heterocycles. The van der Waals surface area contributed by atoms with E-state index in [0.29, 0.717) is 0 Å². The highest BCUT2D eigenvalue weighted by molar-refractivity contribution is 6.74. The molecule has 0 saturated carbocycles. The van der Waals surface area contributed by atoms with E-state index < -0.39 is 8.32 Å². The molecule has 0 heterocycles. The fourth-order valence-corrected chi connectivity index (χ4v) is 2.25. The number of hydrogen-bond acceptors (Lipinski definition) is 1. The SMILES string of the molecule is CC1=CCC=C1O[Si](C)(C)C(C)(C)C. The Balaban J connectivity index is 2.74. The molecule has 0 amide bonds. The molecule has 1 rings (SSSR count). The van der Waals surface area contributed by atoms with Crippen LogP contribution in [-0.2, 0) is 4.43 Å². The first kappa shape index (κ1) is 11.6. The molecule has 1 aliphatic rings. The van der Waals surface area contributed by atoms with Crippen LogP contribution in [0.4, 0.5) is 0 Å². The summed E-state index contributed by atoms with van der Waals surface area (Å²) in [5.41, 5.74) is 1.30. The Morgan fingerprint density at radius 3 is 2.14 bits per heavy atom. The molecule has 0 aromatic carbocycles. The topological polar surface area (TPSA) is 9.23 Å². The van der Waals surface area contributed by atoms with Crippen LogP contribution >= 0.6 is 0 Å². The predicted octanol–water partition coefficient (Wildman–Crippen LogP) is 4.24. The van der Waals surface area contributed by atoms with Crippen LogP contribution in [0.1, 0.15) is 34.1 Å². The van der Waals surface area contributed by atoms with E-state index in [1.807, 2.05) is 0 Å². The molecule has 1 nitrogen and oxygen atoms in total. The molecule has 0 N–H and O–H groups in total. The van der Waals surface area contributed by atoms with Crippen molar-refractivity contribution in [1.29, 1.82) is 0 Å². The lowest BCUT2D eigenvalue weighted by Gasteiger charge is -2.37. The Bertz CT molecular complexity index is 279. The summed E-state index contributed by atoms with van der Waals surface area (Å²) in [4.78, 5) is 0. The highest BCUT2D eigenvalue weighted by Crippen LogP contribution is 2.39. The minimum absolute atomic E-state index is 0.288. The molecule has 2 heteroatoms. The summed E-state index contributed by atoms with van der Waals surface area (Å²) >= 11 is 0. The van der Waals surface area contributed by atoms with Crippen molar-refractivity contribution in [1.82, 2.24) is 0 Å². The van der Waals surface area contributed by atoms with Gasteiger partial charge in [-0.15, -0.1) is 0 Å². The second-order valence-electron chi connectivity index (χ2n) is 5.55. The average Bonchev–Trinajstić information content (AvgIpc) is 2.33. The lowest BCUT2D eigenvalue weighted by Crippen LogP contribution is -2.40. The Kier molecular flexibility index (Phi) is 2.95. The standard InChI is InChI=1S/C12H22OSi/c1-10-8-7-9-11(10)13-14(5,6)12(2,3)4/h8-9H,7H2,1-6H3. The third kappa shape index (κ3) is 2.29. The fraction of sp³-hybridized carbons (Fsp3) is 0.667. The second-order valence-corrected chi connectivity index (χ2v) is 10.3. The van der Waals surface area contributed by atoms with Crippen molar-refractivity contribution in [3.63, 3.8) is 0 Å². The zero-order valence-corrected chi connectivity index (χ0v) is 11.3. The summed E-state index contributed by atoms with van der Waals surface area (Å²) in [7, 11) is -1.62. The van der Waals surface area contributed by atoms with E-state index in [1.165, 1.54) is 5.57 Å². The lowest BCUT2D eigenvalue weighted by atomic mass is 10.2. The van der Waals surface area contributed by atoms with Crippen LogP contribution in [0.3, 0.4) is 0 Å². The Hall–Kier alpha value is -0.503. The molecule has 1 aliphatic carbocycles. The minimum Gasteiger partial charge on any atom is -0.544 e. The van der Waals surface area contributed by atoms with Gasteiger partial charge in [0.25, 0.3) is 0 Å². The van der Waals surface area contributed by atoms with Crippen LogP contribution in [0.25, 0.3) is 0 Å². The van der Waals surface area contributed by atoms with Crippen LogP contribution in [-0.4, -0.2) is 8.32 Å². The van der Waals surface area contributed by atoms with E-state index in [9.17, 15) is 0 Å². The maximum Gasteiger partial charge on any atom is 0.250 e. The first-order valence-electron chi connectivity index (χ1n) is 5.30. The van der Waals surface area contributed by atoms with Gasteiger partial charge in [0.2, 0.25) is 8.32 Å². The zero-order valence-electron chi connectivity index (χ0n) is 10.3. The van der Waals surface area contributed by atoms with Gasteiger partial charge < -0.3 is 4.43 Å². The van der Waals surface area contributed by atoms with Crippen molar-refractivity contribution in [2.24, 2.45) is 0 Å². The van der Waals surface area contributed by atoms with Gasteiger partial charge in [-0.05, 0) is 43.1 Å². The molecule has 0 unspecified atom stereocenters. The molecule has 0 fully saturated rings. The summed E-state index contributed by atoms with van der Waals surface area (Å²) < 4.78 is 6.21. The summed E-state index contributed by atoms with van der Waals surface area (Å²) in [5.74, 6) is 1.12. The largest absolute Gasteiger partial charge is 0.544 e. The van der Waals surface area contributed by atoms with Crippen LogP contribution < -0.4 is 0 Å². The Labute approximate surface area is 89.0 Å². The van der Waals surface area contributed by atoms with Gasteiger partial charge in [-0.1, -0.05) is 26.8 Å². The van der Waals surface area contributed by atoms with Crippen molar-refractivity contribution >= 4 is 8.32 Å². The van der Waals surface area contributed by atoms with Crippen molar-refractivity contribution in [3.8, 4) is 0 Å². The number of hydrogen-bond donors (Lipinski definition) is 0. The van der Waals surface area contributed by atoms with Gasteiger partial charge in [0.15, 0.2) is 0 Å². The quantitative estimate of drug-likeness (QED) is 0.619. The summed E-state index contributed by atoms with van der Waals surface area (Å²) in [6, 6.07) is 0. The maximum absolute atomic E-state index is 6.21. The van der Waals surface area contributed by atoms with Gasteiger partial charge in [0.1, 0.15) is 5.76 Å². The highest BCUT2D eigenvalue weighted by Gasteiger charge is 2.39. The van der Waals surface area contributed by atoms with E-state index in [1.54, 1.807) is 0 Å². The highest BCUT2D eigenvalue weighted by atomic mass is 28.4. The molecule has 80 valence electrons. The predicted molar refractivity (Wildman–Crippen MR) is 64.7 cm³/mol. The molecule has 0 bridgehead atoms. The first-order valence-corrected chi connectivity index (χ1v) is 8.21. The van der Waals surface area contributed by atoms with Crippen molar-refractivity contribution < 1.29 is 4.43 Å². The molecule has 0 atom stereocenters. The number of rotatable bonds is 2. The third-order valence-corrected chi connectivity index (χ3v) is 7.63. The third-order valence-electron chi connectivity index (χ3n) is 3.29. The van der Waals surface area contributed by atoms with Gasteiger partial charge in [0, 0.05) is 0 Å². The van der Waals surface area contributed by atoms with Crippen molar-refractivity contribution in [3.05, 3.63) is 23.5 Å². The summed E-state index contributed by atoms with van der Waals surface area (Å²) in [6.45, 7) is 13.5. The average molecular weight is 210 g/mol. The molecular formula is C12H22OSi. The molecule has 0 aliphatic heterocycles. The molecule has 0 aromatic rings. The van der Waals surface area contributed by atoms with E-state index in [2.05, 4.69) is 52.9 Å².